The molecule has 4 nitrogen and oxygen atoms in total. The Morgan fingerprint density at radius 1 is 1.40 bits per heavy atom. The normalized spacial score (nSPS) is 26.1. The number of hydrogen-bond acceptors (Lipinski definition) is 4. The molecule has 1 atom stereocenters. The van der Waals surface area contributed by atoms with Gasteiger partial charge in [-0.15, -0.1) is 0 Å². The highest BCUT2D eigenvalue weighted by atomic mass is 32.2. The zero-order chi connectivity index (χ0) is 11.7. The molecule has 0 aromatic rings. The Balaban J connectivity index is 2.75. The predicted octanol–water partition coefficient (Wildman–Crippen LogP) is 0.266. The van der Waals surface area contributed by atoms with E-state index >= 15 is 0 Å². The van der Waals surface area contributed by atoms with Crippen molar-refractivity contribution in [3.8, 4) is 0 Å². The molecule has 1 fully saturated rings. The molecule has 0 aliphatic carbocycles. The molecule has 0 aromatic carbocycles. The molecule has 5 heteroatoms. The largest absolute Gasteiger partial charge is 0.395 e. The molecule has 1 heterocycles. The van der Waals surface area contributed by atoms with Crippen molar-refractivity contribution in [3.05, 3.63) is 0 Å². The third kappa shape index (κ3) is 3.43. The van der Waals surface area contributed by atoms with Crippen LogP contribution in [0.4, 0.5) is 0 Å². The summed E-state index contributed by atoms with van der Waals surface area (Å²) in [6.45, 7) is 6.77. The lowest BCUT2D eigenvalue weighted by Crippen LogP contribution is -2.50. The minimum absolute atomic E-state index is 0.0714. The third-order valence-electron chi connectivity index (χ3n) is 2.85. The topological polar surface area (TPSA) is 57.6 Å². The molecule has 15 heavy (non-hydrogen) atoms. The van der Waals surface area contributed by atoms with E-state index in [1.807, 2.05) is 20.8 Å². The number of nitrogens with zero attached hydrogens (tertiary/aromatic N) is 1. The number of hydrogen-bond donors (Lipinski definition) is 1. The average molecular weight is 235 g/mol. The van der Waals surface area contributed by atoms with Gasteiger partial charge in [-0.1, -0.05) is 0 Å². The SMILES string of the molecule is CC(C)(C)N(CCO)C1CCS(=O)(=O)C1. The van der Waals surface area contributed by atoms with E-state index in [0.717, 1.165) is 0 Å². The van der Waals surface area contributed by atoms with Crippen molar-refractivity contribution >= 4 is 9.84 Å². The van der Waals surface area contributed by atoms with Gasteiger partial charge in [-0.25, -0.2) is 8.42 Å². The first-order chi connectivity index (χ1) is 6.76. The van der Waals surface area contributed by atoms with Crippen LogP contribution in [0.5, 0.6) is 0 Å². The quantitative estimate of drug-likeness (QED) is 0.762. The van der Waals surface area contributed by atoms with E-state index in [9.17, 15) is 8.42 Å². The van der Waals surface area contributed by atoms with E-state index in [-0.39, 0.29) is 29.7 Å². The summed E-state index contributed by atoms with van der Waals surface area (Å²) in [5.41, 5.74) is -0.0900. The Labute approximate surface area is 92.2 Å². The van der Waals surface area contributed by atoms with E-state index in [1.54, 1.807) is 0 Å². The zero-order valence-electron chi connectivity index (χ0n) is 9.73. The van der Waals surface area contributed by atoms with E-state index in [0.29, 0.717) is 13.0 Å². The first-order valence-corrected chi connectivity index (χ1v) is 7.16. The lowest BCUT2D eigenvalue weighted by molar-refractivity contribution is 0.0704. The molecule has 0 amide bonds. The lowest BCUT2D eigenvalue weighted by atomic mass is 10.0. The van der Waals surface area contributed by atoms with Gasteiger partial charge in [-0.3, -0.25) is 4.90 Å². The minimum Gasteiger partial charge on any atom is -0.395 e. The summed E-state index contributed by atoms with van der Waals surface area (Å²) in [6, 6.07) is 0.0714. The maximum atomic E-state index is 11.4. The maximum absolute atomic E-state index is 11.4. The van der Waals surface area contributed by atoms with Crippen molar-refractivity contribution in [1.29, 1.82) is 0 Å². The Morgan fingerprint density at radius 2 is 2.00 bits per heavy atom. The molecule has 0 spiro atoms. The van der Waals surface area contributed by atoms with Gasteiger partial charge in [0.25, 0.3) is 0 Å². The standard InChI is InChI=1S/C10H21NO3S/c1-10(2,3)11(5-6-12)9-4-7-15(13,14)8-9/h9,12H,4-8H2,1-3H3. The van der Waals surface area contributed by atoms with E-state index < -0.39 is 9.84 Å². The highest BCUT2D eigenvalue weighted by Crippen LogP contribution is 2.24. The van der Waals surface area contributed by atoms with Crippen molar-refractivity contribution in [2.45, 2.75) is 38.8 Å². The summed E-state index contributed by atoms with van der Waals surface area (Å²) in [4.78, 5) is 2.09. The zero-order valence-corrected chi connectivity index (χ0v) is 10.5. The number of β-amino-alcohol motifs (C(OH)–C–C–N with tert-alkyl or cyclic N) is 1. The van der Waals surface area contributed by atoms with Crippen molar-refractivity contribution in [1.82, 2.24) is 4.90 Å². The molecule has 1 aliphatic rings. The molecule has 90 valence electrons. The first kappa shape index (κ1) is 12.9. The highest BCUT2D eigenvalue weighted by molar-refractivity contribution is 7.91. The monoisotopic (exact) mass is 235 g/mol. The molecule has 1 unspecified atom stereocenters. The molecule has 1 N–H and O–H groups in total. The van der Waals surface area contributed by atoms with Crippen LogP contribution < -0.4 is 0 Å². The summed E-state index contributed by atoms with van der Waals surface area (Å²) in [5, 5.41) is 9.00. The first-order valence-electron chi connectivity index (χ1n) is 5.34. The Morgan fingerprint density at radius 3 is 2.33 bits per heavy atom. The number of rotatable bonds is 3. The molecular formula is C10H21NO3S. The fourth-order valence-corrected chi connectivity index (χ4v) is 3.93. The average Bonchev–Trinajstić information content (AvgIpc) is 2.39. The van der Waals surface area contributed by atoms with Crippen LogP contribution >= 0.6 is 0 Å². The number of sulfone groups is 1. The van der Waals surface area contributed by atoms with Crippen LogP contribution in [-0.4, -0.2) is 54.7 Å². The summed E-state index contributed by atoms with van der Waals surface area (Å²) in [7, 11) is -2.84. The lowest BCUT2D eigenvalue weighted by Gasteiger charge is -2.39. The fraction of sp³-hybridized carbons (Fsp3) is 1.00. The van der Waals surface area contributed by atoms with Gasteiger partial charge in [0.15, 0.2) is 9.84 Å². The molecule has 0 bridgehead atoms. The molecule has 1 rings (SSSR count). The Kier molecular flexibility index (Phi) is 3.79. The van der Waals surface area contributed by atoms with Gasteiger partial charge >= 0.3 is 0 Å². The summed E-state index contributed by atoms with van der Waals surface area (Å²) in [6.07, 6.45) is 0.694. The highest BCUT2D eigenvalue weighted by Gasteiger charge is 2.36. The van der Waals surface area contributed by atoms with Gasteiger partial charge in [0.1, 0.15) is 0 Å². The fourth-order valence-electron chi connectivity index (χ4n) is 2.19. The second-order valence-electron chi connectivity index (χ2n) is 5.14. The Bertz CT molecular complexity index is 305. The summed E-state index contributed by atoms with van der Waals surface area (Å²) >= 11 is 0. The number of aliphatic hydroxyl groups excluding tert-OH is 1. The van der Waals surface area contributed by atoms with Crippen molar-refractivity contribution < 1.29 is 13.5 Å². The molecule has 0 saturated carbocycles. The predicted molar refractivity (Wildman–Crippen MR) is 60.6 cm³/mol. The van der Waals surface area contributed by atoms with E-state index in [1.165, 1.54) is 0 Å². The van der Waals surface area contributed by atoms with Gasteiger partial charge in [-0.05, 0) is 27.2 Å². The van der Waals surface area contributed by atoms with Gasteiger partial charge < -0.3 is 5.11 Å². The number of aliphatic hydroxyl groups is 1. The van der Waals surface area contributed by atoms with Crippen LogP contribution in [0.2, 0.25) is 0 Å². The van der Waals surface area contributed by atoms with E-state index in [2.05, 4.69) is 4.90 Å². The van der Waals surface area contributed by atoms with Crippen molar-refractivity contribution in [2.75, 3.05) is 24.7 Å². The van der Waals surface area contributed by atoms with Gasteiger partial charge in [0.05, 0.1) is 18.1 Å². The van der Waals surface area contributed by atoms with Crippen LogP contribution in [0, 0.1) is 0 Å². The summed E-state index contributed by atoms with van der Waals surface area (Å²) in [5.74, 6) is 0.528. The van der Waals surface area contributed by atoms with Crippen LogP contribution in [0.15, 0.2) is 0 Å². The van der Waals surface area contributed by atoms with E-state index in [4.69, 9.17) is 5.11 Å². The molecule has 0 aromatic heterocycles. The molecule has 1 saturated heterocycles. The van der Waals surface area contributed by atoms with Crippen molar-refractivity contribution in [2.24, 2.45) is 0 Å². The van der Waals surface area contributed by atoms with Gasteiger partial charge in [-0.2, -0.15) is 0 Å². The van der Waals surface area contributed by atoms with Crippen LogP contribution in [-0.2, 0) is 9.84 Å². The van der Waals surface area contributed by atoms with Gasteiger partial charge in [0, 0.05) is 18.1 Å². The van der Waals surface area contributed by atoms with Gasteiger partial charge in [0.2, 0.25) is 0 Å². The van der Waals surface area contributed by atoms with Crippen LogP contribution in [0.3, 0.4) is 0 Å². The second-order valence-corrected chi connectivity index (χ2v) is 7.37. The van der Waals surface area contributed by atoms with Crippen LogP contribution in [0.1, 0.15) is 27.2 Å². The molecule has 0 radical (unpaired) electrons. The van der Waals surface area contributed by atoms with Crippen molar-refractivity contribution in [3.63, 3.8) is 0 Å². The Hall–Kier alpha value is -0.130. The third-order valence-corrected chi connectivity index (χ3v) is 4.60. The summed E-state index contributed by atoms with van der Waals surface area (Å²) < 4.78 is 22.8. The maximum Gasteiger partial charge on any atom is 0.151 e. The smallest absolute Gasteiger partial charge is 0.151 e. The van der Waals surface area contributed by atoms with Crippen LogP contribution in [0.25, 0.3) is 0 Å². The minimum atomic E-state index is -2.84. The second kappa shape index (κ2) is 4.39. The molecule has 1 aliphatic heterocycles. The molecular weight excluding hydrogens is 214 g/mol.